The van der Waals surface area contributed by atoms with Gasteiger partial charge in [0.05, 0.1) is 6.10 Å². The van der Waals surface area contributed by atoms with Gasteiger partial charge in [0.2, 0.25) is 0 Å². The van der Waals surface area contributed by atoms with Crippen molar-refractivity contribution in [2.45, 2.75) is 110 Å². The maximum atomic E-state index is 6.01. The third-order valence-corrected chi connectivity index (χ3v) is 6.66. The highest BCUT2D eigenvalue weighted by Crippen LogP contribution is 2.32. The van der Waals surface area contributed by atoms with Crippen LogP contribution in [-0.2, 0) is 4.74 Å². The highest BCUT2D eigenvalue weighted by atomic mass is 16.5. The summed E-state index contributed by atoms with van der Waals surface area (Å²) in [5.74, 6) is 8.91. The van der Waals surface area contributed by atoms with E-state index in [4.69, 9.17) is 4.74 Å². The van der Waals surface area contributed by atoms with Gasteiger partial charge >= 0.3 is 0 Å². The van der Waals surface area contributed by atoms with Gasteiger partial charge in [-0.15, -0.1) is 0 Å². The zero-order chi connectivity index (χ0) is 19.9. The van der Waals surface area contributed by atoms with Crippen LogP contribution in [0.4, 0.5) is 0 Å². The van der Waals surface area contributed by atoms with E-state index in [1.54, 1.807) is 0 Å². The number of allylic oxidation sites excluding steroid dienone is 4. The maximum Gasteiger partial charge on any atom is 0.0575 e. The zero-order valence-corrected chi connectivity index (χ0v) is 18.6. The maximum absolute atomic E-state index is 6.01. The van der Waals surface area contributed by atoms with Gasteiger partial charge < -0.3 is 4.74 Å². The number of rotatable bonds is 10. The Morgan fingerprint density at radius 2 is 1.29 bits per heavy atom. The minimum atomic E-state index is 0.507. The summed E-state index contributed by atoms with van der Waals surface area (Å²) in [6.07, 6.45) is 27.9. The lowest BCUT2D eigenvalue weighted by Crippen LogP contribution is -2.21. The molecular formula is C27H44O. The van der Waals surface area contributed by atoms with Crippen LogP contribution in [0.5, 0.6) is 0 Å². The normalized spacial score (nSPS) is 28.5. The van der Waals surface area contributed by atoms with Crippen molar-refractivity contribution in [1.82, 2.24) is 0 Å². The highest BCUT2D eigenvalue weighted by Gasteiger charge is 2.20. The molecule has 0 bridgehead atoms. The standard InChI is InChI=1S/C27H44O/c1-3-5-11-23-28-27-21-19-26(20-22-27)14-10-8-7-9-13-25-17-15-24(16-18-25)12-6-4-2/h9-10,13-14,24-27H,3-6,11-12,15-23H2,1-2H3/t24-,25-,26-,27-. The molecule has 0 aromatic carbocycles. The molecule has 2 fully saturated rings. The van der Waals surface area contributed by atoms with Crippen LogP contribution >= 0.6 is 0 Å². The van der Waals surface area contributed by atoms with Crippen LogP contribution in [0.1, 0.15) is 104 Å². The van der Waals surface area contributed by atoms with E-state index in [1.165, 1.54) is 89.9 Å². The Morgan fingerprint density at radius 3 is 1.86 bits per heavy atom. The number of hydrogen-bond donors (Lipinski definition) is 0. The van der Waals surface area contributed by atoms with Gasteiger partial charge in [-0.3, -0.25) is 0 Å². The van der Waals surface area contributed by atoms with Gasteiger partial charge in [0.1, 0.15) is 0 Å². The molecule has 1 heteroatoms. The van der Waals surface area contributed by atoms with Crippen molar-refractivity contribution in [3.63, 3.8) is 0 Å². The summed E-state index contributed by atoms with van der Waals surface area (Å²) in [6.45, 7) is 5.50. The quantitative estimate of drug-likeness (QED) is 0.275. The zero-order valence-electron chi connectivity index (χ0n) is 18.6. The Kier molecular flexibility index (Phi) is 12.4. The largest absolute Gasteiger partial charge is 0.378 e. The fourth-order valence-corrected chi connectivity index (χ4v) is 4.68. The van der Waals surface area contributed by atoms with Gasteiger partial charge in [0.25, 0.3) is 0 Å². The van der Waals surface area contributed by atoms with Crippen LogP contribution in [0.25, 0.3) is 0 Å². The molecule has 28 heavy (non-hydrogen) atoms. The third-order valence-electron chi connectivity index (χ3n) is 6.66. The van der Waals surface area contributed by atoms with Crippen LogP contribution in [0, 0.1) is 29.6 Å². The smallest absolute Gasteiger partial charge is 0.0575 e. The predicted molar refractivity (Wildman–Crippen MR) is 122 cm³/mol. The topological polar surface area (TPSA) is 9.23 Å². The van der Waals surface area contributed by atoms with E-state index < -0.39 is 0 Å². The van der Waals surface area contributed by atoms with E-state index in [9.17, 15) is 0 Å². The monoisotopic (exact) mass is 384 g/mol. The molecule has 0 radical (unpaired) electrons. The third kappa shape index (κ3) is 9.97. The van der Waals surface area contributed by atoms with E-state index in [2.05, 4.69) is 50.0 Å². The molecule has 0 spiro atoms. The Morgan fingerprint density at radius 1 is 0.714 bits per heavy atom. The van der Waals surface area contributed by atoms with Crippen LogP contribution < -0.4 is 0 Å². The summed E-state index contributed by atoms with van der Waals surface area (Å²) >= 11 is 0. The van der Waals surface area contributed by atoms with Gasteiger partial charge in [0, 0.05) is 6.61 Å². The summed E-state index contributed by atoms with van der Waals surface area (Å²) in [5.41, 5.74) is 0. The summed E-state index contributed by atoms with van der Waals surface area (Å²) in [7, 11) is 0. The molecule has 0 atom stereocenters. The molecule has 0 heterocycles. The first-order valence-corrected chi connectivity index (χ1v) is 12.3. The highest BCUT2D eigenvalue weighted by molar-refractivity contribution is 5.24. The Bertz CT molecular complexity index is 490. The molecule has 2 rings (SSSR count). The first-order chi connectivity index (χ1) is 13.8. The molecule has 0 amide bonds. The van der Waals surface area contributed by atoms with E-state index in [0.29, 0.717) is 12.0 Å². The lowest BCUT2D eigenvalue weighted by atomic mass is 9.80. The molecule has 0 N–H and O–H groups in total. The predicted octanol–water partition coefficient (Wildman–Crippen LogP) is 7.86. The minimum absolute atomic E-state index is 0.507. The number of ether oxygens (including phenoxy) is 1. The van der Waals surface area contributed by atoms with Crippen LogP contribution in [0.3, 0.4) is 0 Å². The first-order valence-electron chi connectivity index (χ1n) is 12.3. The van der Waals surface area contributed by atoms with Crippen LogP contribution in [-0.4, -0.2) is 12.7 Å². The second-order valence-electron chi connectivity index (χ2n) is 9.04. The molecule has 2 aliphatic rings. The molecule has 0 saturated heterocycles. The fourth-order valence-electron chi connectivity index (χ4n) is 4.68. The van der Waals surface area contributed by atoms with E-state index in [-0.39, 0.29) is 0 Å². The van der Waals surface area contributed by atoms with E-state index >= 15 is 0 Å². The van der Waals surface area contributed by atoms with Crippen molar-refractivity contribution in [2.24, 2.45) is 17.8 Å². The summed E-state index contributed by atoms with van der Waals surface area (Å²) in [4.78, 5) is 0. The molecule has 2 aliphatic carbocycles. The van der Waals surface area contributed by atoms with Crippen LogP contribution in [0.2, 0.25) is 0 Å². The average molecular weight is 385 g/mol. The Balaban J connectivity index is 1.55. The fraction of sp³-hybridized carbons (Fsp3) is 0.778. The molecule has 2 saturated carbocycles. The molecule has 0 aliphatic heterocycles. The van der Waals surface area contributed by atoms with E-state index in [0.717, 1.165) is 18.4 Å². The van der Waals surface area contributed by atoms with Gasteiger partial charge in [-0.25, -0.2) is 0 Å². The van der Waals surface area contributed by atoms with Crippen molar-refractivity contribution in [3.05, 3.63) is 24.3 Å². The molecule has 0 aromatic rings. The summed E-state index contributed by atoms with van der Waals surface area (Å²) in [6, 6.07) is 0. The first kappa shape index (κ1) is 23.3. The van der Waals surface area contributed by atoms with Crippen molar-refractivity contribution >= 4 is 0 Å². The minimum Gasteiger partial charge on any atom is -0.378 e. The van der Waals surface area contributed by atoms with Crippen molar-refractivity contribution < 1.29 is 4.74 Å². The lowest BCUT2D eigenvalue weighted by Gasteiger charge is -2.26. The van der Waals surface area contributed by atoms with Crippen LogP contribution in [0.15, 0.2) is 24.3 Å². The second kappa shape index (κ2) is 14.9. The Labute approximate surface area is 175 Å². The lowest BCUT2D eigenvalue weighted by molar-refractivity contribution is 0.0204. The van der Waals surface area contributed by atoms with Gasteiger partial charge in [-0.1, -0.05) is 69.9 Å². The van der Waals surface area contributed by atoms with Gasteiger partial charge in [0.15, 0.2) is 0 Å². The van der Waals surface area contributed by atoms with Gasteiger partial charge in [-0.2, -0.15) is 0 Å². The molecule has 158 valence electrons. The van der Waals surface area contributed by atoms with Crippen molar-refractivity contribution in [1.29, 1.82) is 0 Å². The average Bonchev–Trinajstić information content (AvgIpc) is 2.74. The van der Waals surface area contributed by atoms with Crippen molar-refractivity contribution in [3.8, 4) is 11.8 Å². The second-order valence-corrected chi connectivity index (χ2v) is 9.04. The summed E-state index contributed by atoms with van der Waals surface area (Å²) in [5, 5.41) is 0. The molecular weight excluding hydrogens is 340 g/mol. The van der Waals surface area contributed by atoms with Gasteiger partial charge in [-0.05, 0) is 87.7 Å². The van der Waals surface area contributed by atoms with E-state index in [1.807, 2.05) is 0 Å². The molecule has 0 aromatic heterocycles. The Hall–Kier alpha value is -1.00. The molecule has 0 unspecified atom stereocenters. The SMILES string of the molecule is CCCCCO[C@H]1CC[C@H](C=CC#CC=C[C@H]2CC[C@H](CCCC)CC2)CC1. The molecule has 1 nitrogen and oxygen atoms in total. The number of hydrogen-bond acceptors (Lipinski definition) is 1. The summed E-state index contributed by atoms with van der Waals surface area (Å²) < 4.78 is 6.01. The van der Waals surface area contributed by atoms with Crippen molar-refractivity contribution in [2.75, 3.05) is 6.61 Å². The number of unbranched alkanes of at least 4 members (excludes halogenated alkanes) is 3.